The average molecular weight is 490 g/mol. The molecule has 9 nitrogen and oxygen atoms in total. The molecule has 1 atom stereocenters. The number of nitrogens with one attached hydrogen (secondary N) is 2. The Bertz CT molecular complexity index is 945. The van der Waals surface area contributed by atoms with E-state index in [9.17, 15) is 14.4 Å². The molecule has 1 aliphatic carbocycles. The first kappa shape index (κ1) is 25.5. The predicted octanol–water partition coefficient (Wildman–Crippen LogP) is 2.18. The van der Waals surface area contributed by atoms with Crippen LogP contribution in [0.3, 0.4) is 0 Å². The Labute approximate surface area is 204 Å². The fourth-order valence-corrected chi connectivity index (χ4v) is 4.40. The van der Waals surface area contributed by atoms with Crippen LogP contribution in [-0.4, -0.2) is 67.3 Å². The van der Waals surface area contributed by atoms with Gasteiger partial charge in [-0.2, -0.15) is 0 Å². The lowest BCUT2D eigenvalue weighted by Gasteiger charge is -2.36. The van der Waals surface area contributed by atoms with Gasteiger partial charge < -0.3 is 24.4 Å². The number of hydrogen-bond donors (Lipinski definition) is 2. The normalized spacial score (nSPS) is 18.8. The highest BCUT2D eigenvalue weighted by Gasteiger charge is 2.34. The Morgan fingerprint density at radius 2 is 1.91 bits per heavy atom. The van der Waals surface area contributed by atoms with Gasteiger partial charge in [-0.15, -0.1) is 0 Å². The first-order valence-electron chi connectivity index (χ1n) is 11.4. The molecule has 1 aromatic carbocycles. The van der Waals surface area contributed by atoms with Crippen LogP contribution < -0.4 is 20.1 Å². The van der Waals surface area contributed by atoms with Crippen LogP contribution in [0.25, 0.3) is 6.08 Å². The van der Waals surface area contributed by atoms with Gasteiger partial charge in [-0.3, -0.25) is 19.7 Å². The van der Waals surface area contributed by atoms with Crippen LogP contribution in [0.15, 0.2) is 24.3 Å². The number of methoxy groups -OCH3 is 2. The Kier molecular flexibility index (Phi) is 9.26. The molecule has 1 aromatic rings. The summed E-state index contributed by atoms with van der Waals surface area (Å²) < 4.78 is 16.0. The van der Waals surface area contributed by atoms with Crippen molar-refractivity contribution < 1.29 is 28.6 Å². The molecule has 1 saturated carbocycles. The lowest BCUT2D eigenvalue weighted by atomic mass is 9.98. The van der Waals surface area contributed by atoms with E-state index in [0.717, 1.165) is 37.7 Å². The van der Waals surface area contributed by atoms with Crippen molar-refractivity contribution in [1.29, 1.82) is 0 Å². The summed E-state index contributed by atoms with van der Waals surface area (Å²) in [6.07, 6.45) is 7.68. The van der Waals surface area contributed by atoms with Crippen molar-refractivity contribution in [3.8, 4) is 11.5 Å². The van der Waals surface area contributed by atoms with E-state index in [1.165, 1.54) is 13.2 Å². The van der Waals surface area contributed by atoms with Gasteiger partial charge in [-0.25, -0.2) is 0 Å². The van der Waals surface area contributed by atoms with Gasteiger partial charge in [0.25, 0.3) is 0 Å². The summed E-state index contributed by atoms with van der Waals surface area (Å²) in [4.78, 5) is 39.0. The van der Waals surface area contributed by atoms with Crippen LogP contribution in [0.4, 0.5) is 0 Å². The van der Waals surface area contributed by atoms with Crippen LogP contribution in [-0.2, 0) is 19.1 Å². The monoisotopic (exact) mass is 489 g/mol. The zero-order valence-electron chi connectivity index (χ0n) is 19.5. The fraction of sp³-hybridized carbons (Fsp3) is 0.500. The molecule has 34 heavy (non-hydrogen) atoms. The van der Waals surface area contributed by atoms with Crippen LogP contribution in [0, 0.1) is 0 Å². The van der Waals surface area contributed by atoms with Crippen molar-refractivity contribution in [3.05, 3.63) is 29.8 Å². The van der Waals surface area contributed by atoms with Crippen LogP contribution >= 0.6 is 12.2 Å². The van der Waals surface area contributed by atoms with Gasteiger partial charge >= 0.3 is 5.97 Å². The zero-order chi connectivity index (χ0) is 24.5. The van der Waals surface area contributed by atoms with Crippen molar-refractivity contribution >= 4 is 41.2 Å². The summed E-state index contributed by atoms with van der Waals surface area (Å²) >= 11 is 5.39. The van der Waals surface area contributed by atoms with E-state index in [1.54, 1.807) is 36.3 Å². The molecule has 2 amide bonds. The largest absolute Gasteiger partial charge is 0.493 e. The van der Waals surface area contributed by atoms with Gasteiger partial charge in [-0.05, 0) is 61.7 Å². The molecule has 1 unspecified atom stereocenters. The van der Waals surface area contributed by atoms with E-state index in [4.69, 9.17) is 26.4 Å². The number of rotatable bonds is 7. The molecule has 184 valence electrons. The van der Waals surface area contributed by atoms with Gasteiger partial charge in [0.1, 0.15) is 12.1 Å². The van der Waals surface area contributed by atoms with Crippen LogP contribution in [0.2, 0.25) is 0 Å². The maximum Gasteiger partial charge on any atom is 0.308 e. The van der Waals surface area contributed by atoms with E-state index in [-0.39, 0.29) is 23.5 Å². The Morgan fingerprint density at radius 3 is 2.62 bits per heavy atom. The minimum Gasteiger partial charge on any atom is -0.493 e. The summed E-state index contributed by atoms with van der Waals surface area (Å²) in [6, 6.07) is 4.44. The molecule has 0 bridgehead atoms. The molecule has 3 rings (SSSR count). The lowest BCUT2D eigenvalue weighted by Crippen LogP contribution is -2.60. The summed E-state index contributed by atoms with van der Waals surface area (Å²) in [5.41, 5.74) is 0.736. The van der Waals surface area contributed by atoms with Gasteiger partial charge in [0, 0.05) is 19.2 Å². The zero-order valence-corrected chi connectivity index (χ0v) is 20.3. The minimum absolute atomic E-state index is 0.0882. The number of piperazine rings is 1. The number of carbonyl (C=O) groups is 3. The molecular formula is C24H31N3O6S. The van der Waals surface area contributed by atoms with E-state index < -0.39 is 17.9 Å². The number of hydrogen-bond acceptors (Lipinski definition) is 7. The quantitative estimate of drug-likeness (QED) is 0.341. The molecule has 0 spiro atoms. The topological polar surface area (TPSA) is 106 Å². The number of thiocarbonyl (C=S) groups is 1. The van der Waals surface area contributed by atoms with Crippen molar-refractivity contribution in [2.24, 2.45) is 0 Å². The summed E-state index contributed by atoms with van der Waals surface area (Å²) in [7, 11) is 3.08. The lowest BCUT2D eigenvalue weighted by molar-refractivity contribution is -0.153. The molecule has 2 fully saturated rings. The molecule has 1 aliphatic heterocycles. The SMILES string of the molecule is COc1ccc(/C=C/C(=O)NC(=S)N2CCNC(=O)C2CC(=O)OC2CCCCC2)cc1OC. The molecule has 1 saturated heterocycles. The maximum atomic E-state index is 12.5. The Balaban J connectivity index is 1.58. The second-order valence-corrected chi connectivity index (χ2v) is 8.58. The molecule has 1 heterocycles. The third-order valence-corrected chi connectivity index (χ3v) is 6.20. The van der Waals surface area contributed by atoms with Crippen molar-refractivity contribution in [2.45, 2.75) is 50.7 Å². The van der Waals surface area contributed by atoms with E-state index in [1.807, 2.05) is 0 Å². The van der Waals surface area contributed by atoms with Gasteiger partial charge in [0.05, 0.1) is 20.6 Å². The van der Waals surface area contributed by atoms with Crippen LogP contribution in [0.5, 0.6) is 11.5 Å². The first-order chi connectivity index (χ1) is 16.4. The predicted molar refractivity (Wildman–Crippen MR) is 130 cm³/mol. The highest BCUT2D eigenvalue weighted by Crippen LogP contribution is 2.28. The van der Waals surface area contributed by atoms with Gasteiger partial charge in [0.2, 0.25) is 11.8 Å². The van der Waals surface area contributed by atoms with Gasteiger partial charge in [0.15, 0.2) is 16.6 Å². The molecule has 0 aromatic heterocycles. The molecule has 2 N–H and O–H groups in total. The van der Waals surface area contributed by atoms with E-state index >= 15 is 0 Å². The van der Waals surface area contributed by atoms with E-state index in [0.29, 0.717) is 24.6 Å². The second kappa shape index (κ2) is 12.4. The third-order valence-electron chi connectivity index (χ3n) is 5.87. The summed E-state index contributed by atoms with van der Waals surface area (Å²) in [5.74, 6) is -0.0652. The number of ether oxygens (including phenoxy) is 3. The maximum absolute atomic E-state index is 12.5. The van der Waals surface area contributed by atoms with Crippen molar-refractivity contribution in [1.82, 2.24) is 15.5 Å². The standard InChI is InChI=1S/C24H31N3O6S/c1-31-19-10-8-16(14-20(19)32-2)9-11-21(28)26-24(34)27-13-12-25-23(30)18(27)15-22(29)33-17-6-4-3-5-7-17/h8-11,14,17-18H,3-7,12-13,15H2,1-2H3,(H,25,30)(H,26,28,34)/b11-9+. The van der Waals surface area contributed by atoms with Crippen molar-refractivity contribution in [3.63, 3.8) is 0 Å². The average Bonchev–Trinajstić information content (AvgIpc) is 2.84. The van der Waals surface area contributed by atoms with E-state index in [2.05, 4.69) is 10.6 Å². The summed E-state index contributed by atoms with van der Waals surface area (Å²) in [5, 5.41) is 5.46. The molecule has 2 aliphatic rings. The third kappa shape index (κ3) is 6.93. The number of amides is 2. The number of esters is 1. The second-order valence-electron chi connectivity index (χ2n) is 8.20. The molecule has 0 radical (unpaired) electrons. The summed E-state index contributed by atoms with van der Waals surface area (Å²) in [6.45, 7) is 0.746. The molecule has 10 heteroatoms. The van der Waals surface area contributed by atoms with Gasteiger partial charge in [-0.1, -0.05) is 12.5 Å². The number of nitrogens with zero attached hydrogens (tertiary/aromatic N) is 1. The highest BCUT2D eigenvalue weighted by atomic mass is 32.1. The number of benzene rings is 1. The number of carbonyl (C=O) groups excluding carboxylic acids is 3. The molecular weight excluding hydrogens is 458 g/mol. The van der Waals surface area contributed by atoms with Crippen molar-refractivity contribution in [2.75, 3.05) is 27.3 Å². The highest BCUT2D eigenvalue weighted by molar-refractivity contribution is 7.80. The Morgan fingerprint density at radius 1 is 1.18 bits per heavy atom. The fourth-order valence-electron chi connectivity index (χ4n) is 4.08. The Hall–Kier alpha value is -3.14. The minimum atomic E-state index is -0.826. The smallest absolute Gasteiger partial charge is 0.308 e. The van der Waals surface area contributed by atoms with Crippen LogP contribution in [0.1, 0.15) is 44.1 Å². The first-order valence-corrected chi connectivity index (χ1v) is 11.8.